The second-order valence-corrected chi connectivity index (χ2v) is 4.52. The quantitative estimate of drug-likeness (QED) is 0.630. The van der Waals surface area contributed by atoms with Gasteiger partial charge in [-0.1, -0.05) is 35.6 Å². The predicted octanol–water partition coefficient (Wildman–Crippen LogP) is 4.04. The van der Waals surface area contributed by atoms with E-state index in [1.807, 2.05) is 0 Å². The zero-order valence-corrected chi connectivity index (χ0v) is 11.9. The highest BCUT2D eigenvalue weighted by Crippen LogP contribution is 2.20. The SMILES string of the molecule is Fc1c(Cl)cccc1COc1cncc(C#CCCl)c1. The molecule has 2 nitrogen and oxygen atoms in total. The van der Waals surface area contributed by atoms with Crippen molar-refractivity contribution in [2.24, 2.45) is 0 Å². The maximum atomic E-state index is 13.7. The van der Waals surface area contributed by atoms with Crippen LogP contribution in [0.4, 0.5) is 4.39 Å². The zero-order valence-electron chi connectivity index (χ0n) is 10.4. The molecule has 0 spiro atoms. The standard InChI is InChI=1S/C15H10Cl2FNO/c16-6-2-3-11-7-13(9-19-8-11)20-10-12-4-1-5-14(17)15(12)18/h1,4-5,7-9H,6,10H2. The summed E-state index contributed by atoms with van der Waals surface area (Å²) >= 11 is 11.2. The second kappa shape index (κ2) is 7.14. The van der Waals surface area contributed by atoms with Crippen LogP contribution in [0.1, 0.15) is 11.1 Å². The van der Waals surface area contributed by atoms with E-state index >= 15 is 0 Å². The smallest absolute Gasteiger partial charge is 0.148 e. The Morgan fingerprint density at radius 1 is 1.30 bits per heavy atom. The van der Waals surface area contributed by atoms with E-state index in [4.69, 9.17) is 27.9 Å². The number of aromatic nitrogens is 1. The van der Waals surface area contributed by atoms with Crippen molar-refractivity contribution in [2.75, 3.05) is 5.88 Å². The fourth-order valence-corrected chi connectivity index (χ4v) is 1.78. The third kappa shape index (κ3) is 3.86. The molecule has 102 valence electrons. The first-order valence-electron chi connectivity index (χ1n) is 5.76. The Kier molecular flexibility index (Phi) is 5.23. The van der Waals surface area contributed by atoms with Crippen molar-refractivity contribution < 1.29 is 9.13 Å². The average Bonchev–Trinajstić information content (AvgIpc) is 2.47. The summed E-state index contributed by atoms with van der Waals surface area (Å²) in [5.41, 5.74) is 1.07. The highest BCUT2D eigenvalue weighted by molar-refractivity contribution is 6.30. The number of hydrogen-bond donors (Lipinski definition) is 0. The van der Waals surface area contributed by atoms with Gasteiger partial charge in [0.2, 0.25) is 0 Å². The first-order valence-corrected chi connectivity index (χ1v) is 6.67. The average molecular weight is 310 g/mol. The van der Waals surface area contributed by atoms with Gasteiger partial charge in [0.15, 0.2) is 0 Å². The van der Waals surface area contributed by atoms with Gasteiger partial charge in [-0.3, -0.25) is 4.98 Å². The molecule has 2 rings (SSSR count). The van der Waals surface area contributed by atoms with E-state index in [0.29, 0.717) is 16.9 Å². The number of hydrogen-bond acceptors (Lipinski definition) is 2. The van der Waals surface area contributed by atoms with Gasteiger partial charge in [0.25, 0.3) is 0 Å². The third-order valence-electron chi connectivity index (χ3n) is 2.44. The van der Waals surface area contributed by atoms with Gasteiger partial charge in [0, 0.05) is 17.3 Å². The number of ether oxygens (including phenoxy) is 1. The van der Waals surface area contributed by atoms with Gasteiger partial charge in [-0.05, 0) is 12.1 Å². The normalized spacial score (nSPS) is 9.75. The summed E-state index contributed by atoms with van der Waals surface area (Å²) in [4.78, 5) is 4.00. The van der Waals surface area contributed by atoms with Crippen LogP contribution in [0.5, 0.6) is 5.75 Å². The summed E-state index contributed by atoms with van der Waals surface area (Å²) in [6, 6.07) is 6.50. The maximum absolute atomic E-state index is 13.7. The van der Waals surface area contributed by atoms with E-state index in [1.165, 1.54) is 12.3 Å². The number of alkyl halides is 1. The monoisotopic (exact) mass is 309 g/mol. The zero-order chi connectivity index (χ0) is 14.4. The lowest BCUT2D eigenvalue weighted by molar-refractivity contribution is 0.298. The van der Waals surface area contributed by atoms with Crippen LogP contribution in [0.15, 0.2) is 36.7 Å². The highest BCUT2D eigenvalue weighted by Gasteiger charge is 2.07. The molecule has 0 aliphatic rings. The van der Waals surface area contributed by atoms with Crippen molar-refractivity contribution >= 4 is 23.2 Å². The van der Waals surface area contributed by atoms with Crippen molar-refractivity contribution in [1.29, 1.82) is 0 Å². The first-order chi connectivity index (χ1) is 9.70. The lowest BCUT2D eigenvalue weighted by Crippen LogP contribution is -1.99. The van der Waals surface area contributed by atoms with E-state index in [1.54, 1.807) is 24.4 Å². The highest BCUT2D eigenvalue weighted by atomic mass is 35.5. The summed E-state index contributed by atoms with van der Waals surface area (Å²) in [5.74, 6) is 5.84. The van der Waals surface area contributed by atoms with Gasteiger partial charge >= 0.3 is 0 Å². The van der Waals surface area contributed by atoms with Crippen molar-refractivity contribution in [3.8, 4) is 17.6 Å². The van der Waals surface area contributed by atoms with Crippen molar-refractivity contribution in [2.45, 2.75) is 6.61 Å². The molecule has 0 amide bonds. The molecule has 0 N–H and O–H groups in total. The van der Waals surface area contributed by atoms with Gasteiger partial charge in [-0.2, -0.15) is 0 Å². The number of nitrogens with zero attached hydrogens (tertiary/aromatic N) is 1. The summed E-state index contributed by atoms with van der Waals surface area (Å²) in [7, 11) is 0. The molecule has 0 saturated carbocycles. The van der Waals surface area contributed by atoms with E-state index in [2.05, 4.69) is 16.8 Å². The first kappa shape index (κ1) is 14.6. The van der Waals surface area contributed by atoms with Crippen molar-refractivity contribution in [3.05, 3.63) is 58.6 Å². The van der Waals surface area contributed by atoms with Crippen LogP contribution in [-0.2, 0) is 6.61 Å². The molecular weight excluding hydrogens is 300 g/mol. The van der Waals surface area contributed by atoms with E-state index in [0.717, 1.165) is 0 Å². The third-order valence-corrected chi connectivity index (χ3v) is 2.86. The van der Waals surface area contributed by atoms with Gasteiger partial charge < -0.3 is 4.74 Å². The van der Waals surface area contributed by atoms with E-state index < -0.39 is 5.82 Å². The van der Waals surface area contributed by atoms with Gasteiger partial charge in [0.1, 0.15) is 18.2 Å². The lowest BCUT2D eigenvalue weighted by Gasteiger charge is -2.07. The predicted molar refractivity (Wildman–Crippen MR) is 77.6 cm³/mol. The van der Waals surface area contributed by atoms with Crippen LogP contribution in [0.25, 0.3) is 0 Å². The Morgan fingerprint density at radius 2 is 2.15 bits per heavy atom. The minimum absolute atomic E-state index is 0.0699. The Hall–Kier alpha value is -1.76. The minimum atomic E-state index is -0.472. The minimum Gasteiger partial charge on any atom is -0.487 e. The van der Waals surface area contributed by atoms with E-state index in [9.17, 15) is 4.39 Å². The molecule has 1 heterocycles. The van der Waals surface area contributed by atoms with Crippen molar-refractivity contribution in [1.82, 2.24) is 4.98 Å². The number of pyridine rings is 1. The summed E-state index contributed by atoms with van der Waals surface area (Å²) in [5, 5.41) is 0.0750. The maximum Gasteiger partial charge on any atom is 0.148 e. The Labute approximate surface area is 126 Å². The van der Waals surface area contributed by atoms with Crippen LogP contribution >= 0.6 is 23.2 Å². The Balaban J connectivity index is 2.09. The summed E-state index contributed by atoms with van der Waals surface area (Å²) in [6.07, 6.45) is 3.14. The lowest BCUT2D eigenvalue weighted by atomic mass is 10.2. The van der Waals surface area contributed by atoms with Crippen LogP contribution in [0.2, 0.25) is 5.02 Å². The molecular formula is C15H10Cl2FNO. The Bertz CT molecular complexity index is 664. The molecule has 20 heavy (non-hydrogen) atoms. The van der Waals surface area contributed by atoms with E-state index in [-0.39, 0.29) is 17.5 Å². The molecule has 0 unspecified atom stereocenters. The molecule has 0 aliphatic heterocycles. The molecule has 0 bridgehead atoms. The Morgan fingerprint density at radius 3 is 2.95 bits per heavy atom. The van der Waals surface area contributed by atoms with Gasteiger partial charge in [-0.25, -0.2) is 4.39 Å². The van der Waals surface area contributed by atoms with Crippen LogP contribution < -0.4 is 4.74 Å². The largest absolute Gasteiger partial charge is 0.487 e. The number of halogens is 3. The van der Waals surface area contributed by atoms with Crippen LogP contribution in [0, 0.1) is 17.7 Å². The van der Waals surface area contributed by atoms with Gasteiger partial charge in [-0.15, -0.1) is 11.6 Å². The molecule has 1 aromatic carbocycles. The van der Waals surface area contributed by atoms with Crippen LogP contribution in [0.3, 0.4) is 0 Å². The second-order valence-electron chi connectivity index (χ2n) is 3.85. The molecule has 2 aromatic rings. The van der Waals surface area contributed by atoms with Crippen molar-refractivity contribution in [3.63, 3.8) is 0 Å². The summed E-state index contributed by atoms with van der Waals surface area (Å²) in [6.45, 7) is 0.0699. The fourth-order valence-electron chi connectivity index (χ4n) is 1.52. The molecule has 0 atom stereocenters. The molecule has 0 saturated heterocycles. The van der Waals surface area contributed by atoms with Gasteiger partial charge in [0.05, 0.1) is 17.1 Å². The molecule has 5 heteroatoms. The topological polar surface area (TPSA) is 22.1 Å². The number of rotatable bonds is 3. The van der Waals surface area contributed by atoms with Crippen LogP contribution in [-0.4, -0.2) is 10.9 Å². The molecule has 1 aromatic heterocycles. The molecule has 0 fully saturated rings. The summed E-state index contributed by atoms with van der Waals surface area (Å²) < 4.78 is 19.2. The number of benzene rings is 1. The fraction of sp³-hybridized carbons (Fsp3) is 0.133. The molecule has 0 radical (unpaired) electrons. The molecule has 0 aliphatic carbocycles.